The van der Waals surface area contributed by atoms with Gasteiger partial charge in [0.1, 0.15) is 0 Å². The van der Waals surface area contributed by atoms with Crippen LogP contribution < -0.4 is 0 Å². The minimum Gasteiger partial charge on any atom is -0.326 e. The van der Waals surface area contributed by atoms with Crippen molar-refractivity contribution in [1.82, 2.24) is 0 Å². The summed E-state index contributed by atoms with van der Waals surface area (Å²) in [4.78, 5) is 8.06. The second-order valence-electron chi connectivity index (χ2n) is 1.11. The first-order valence-electron chi connectivity index (χ1n) is 2.17. The van der Waals surface area contributed by atoms with Crippen molar-refractivity contribution in [3.05, 3.63) is 12.2 Å². The van der Waals surface area contributed by atoms with Crippen LogP contribution in [0.5, 0.6) is 0 Å². The molecule has 0 aliphatic rings. The van der Waals surface area contributed by atoms with Gasteiger partial charge in [-0.25, -0.2) is 0 Å². The van der Waals surface area contributed by atoms with Crippen molar-refractivity contribution in [2.45, 2.75) is 0 Å². The molecule has 0 radical (unpaired) electrons. The highest BCUT2D eigenvalue weighted by molar-refractivity contribution is 7.32. The molecule has 5 heteroatoms. The fraction of sp³-hybridized carbons (Fsp3) is 0.250. The number of allylic oxidation sites excluding steroid dienone is 1. The second kappa shape index (κ2) is 5.52. The van der Waals surface area contributed by atoms with Gasteiger partial charge in [-0.15, -0.1) is 0 Å². The molecular formula is C4H6NO3P. The summed E-state index contributed by atoms with van der Waals surface area (Å²) in [7, 11) is -2.83. The summed E-state index contributed by atoms with van der Waals surface area (Å²) in [6.07, 6.45) is 2.55. The standard InChI is InChI=1S/C4H6NO3P/c5-3-1-2-4-8-9(6)7/h1-2,9H,4H2,(H,6,7). The number of nitrogens with zero attached hydrogens (tertiary/aromatic N) is 1. The van der Waals surface area contributed by atoms with Gasteiger partial charge in [0.2, 0.25) is 0 Å². The second-order valence-corrected chi connectivity index (χ2v) is 1.93. The van der Waals surface area contributed by atoms with Crippen LogP contribution in [0.25, 0.3) is 0 Å². The first-order chi connectivity index (χ1) is 4.27. The maximum absolute atomic E-state index is 9.81. The molecular weight excluding hydrogens is 141 g/mol. The summed E-state index contributed by atoms with van der Waals surface area (Å²) in [5.74, 6) is 0. The van der Waals surface area contributed by atoms with Crippen molar-refractivity contribution >= 4 is 8.25 Å². The molecule has 0 aromatic carbocycles. The van der Waals surface area contributed by atoms with Gasteiger partial charge in [0, 0.05) is 6.08 Å². The van der Waals surface area contributed by atoms with Crippen LogP contribution in [0.2, 0.25) is 0 Å². The van der Waals surface area contributed by atoms with E-state index in [0.29, 0.717) is 0 Å². The average molecular weight is 147 g/mol. The number of hydrogen-bond donors (Lipinski definition) is 1. The molecule has 9 heavy (non-hydrogen) atoms. The van der Waals surface area contributed by atoms with Crippen LogP contribution in [0, 0.1) is 11.3 Å². The van der Waals surface area contributed by atoms with Crippen LogP contribution >= 0.6 is 8.25 Å². The quantitative estimate of drug-likeness (QED) is 0.465. The van der Waals surface area contributed by atoms with E-state index in [4.69, 9.17) is 10.2 Å². The van der Waals surface area contributed by atoms with Crippen molar-refractivity contribution in [2.24, 2.45) is 0 Å². The molecule has 50 valence electrons. The molecule has 0 aromatic rings. The normalized spacial score (nSPS) is 13.3. The zero-order valence-electron chi connectivity index (χ0n) is 4.57. The van der Waals surface area contributed by atoms with Crippen LogP contribution in [-0.4, -0.2) is 11.5 Å². The molecule has 0 saturated heterocycles. The van der Waals surface area contributed by atoms with Gasteiger partial charge >= 0.3 is 8.25 Å². The maximum Gasteiger partial charge on any atom is 0.316 e. The topological polar surface area (TPSA) is 70.3 Å². The van der Waals surface area contributed by atoms with Crippen LogP contribution in [0.4, 0.5) is 0 Å². The summed E-state index contributed by atoms with van der Waals surface area (Å²) in [5.41, 5.74) is 0. The molecule has 0 heterocycles. The molecule has 0 fully saturated rings. The van der Waals surface area contributed by atoms with E-state index in [1.165, 1.54) is 12.2 Å². The lowest BCUT2D eigenvalue weighted by Gasteiger charge is -1.89. The van der Waals surface area contributed by atoms with E-state index in [2.05, 4.69) is 4.52 Å². The number of hydrogen-bond acceptors (Lipinski definition) is 3. The molecule has 4 nitrogen and oxygen atoms in total. The Kier molecular flexibility index (Phi) is 5.14. The molecule has 0 aliphatic heterocycles. The van der Waals surface area contributed by atoms with Gasteiger partial charge in [0.05, 0.1) is 12.7 Å². The van der Waals surface area contributed by atoms with Gasteiger partial charge < -0.3 is 9.42 Å². The molecule has 0 aliphatic carbocycles. The van der Waals surface area contributed by atoms with E-state index in [0.717, 1.165) is 0 Å². The minimum absolute atomic E-state index is 0.0157. The Bertz CT molecular complexity index is 160. The van der Waals surface area contributed by atoms with Crippen LogP contribution in [0.3, 0.4) is 0 Å². The highest BCUT2D eigenvalue weighted by Gasteiger charge is 1.84. The zero-order valence-corrected chi connectivity index (χ0v) is 5.57. The Labute approximate surface area is 53.3 Å². The molecule has 0 amide bonds. The van der Waals surface area contributed by atoms with Crippen LogP contribution in [0.15, 0.2) is 12.2 Å². The van der Waals surface area contributed by atoms with Crippen LogP contribution in [0.1, 0.15) is 0 Å². The summed E-state index contributed by atoms with van der Waals surface area (Å²) < 4.78 is 14.0. The Morgan fingerprint density at radius 2 is 2.56 bits per heavy atom. The fourth-order valence-electron chi connectivity index (χ4n) is 0.220. The molecule has 1 atom stereocenters. The lowest BCUT2D eigenvalue weighted by molar-refractivity contribution is 0.312. The smallest absolute Gasteiger partial charge is 0.316 e. The first kappa shape index (κ1) is 8.38. The van der Waals surface area contributed by atoms with Gasteiger partial charge in [-0.2, -0.15) is 5.26 Å². The predicted octanol–water partition coefficient (Wildman–Crippen LogP) is 0.465. The van der Waals surface area contributed by atoms with E-state index in [9.17, 15) is 4.57 Å². The molecule has 0 aromatic heterocycles. The molecule has 0 bridgehead atoms. The molecule has 0 spiro atoms. The van der Waals surface area contributed by atoms with Crippen molar-refractivity contribution in [3.8, 4) is 6.07 Å². The maximum atomic E-state index is 9.81. The summed E-state index contributed by atoms with van der Waals surface area (Å²) >= 11 is 0. The fourth-order valence-corrected chi connectivity index (χ4v) is 0.459. The highest BCUT2D eigenvalue weighted by Crippen LogP contribution is 2.12. The Morgan fingerprint density at radius 3 is 3.00 bits per heavy atom. The first-order valence-corrected chi connectivity index (χ1v) is 3.44. The lowest BCUT2D eigenvalue weighted by Crippen LogP contribution is -1.77. The van der Waals surface area contributed by atoms with Gasteiger partial charge in [0.25, 0.3) is 0 Å². The largest absolute Gasteiger partial charge is 0.326 e. The van der Waals surface area contributed by atoms with E-state index >= 15 is 0 Å². The zero-order chi connectivity index (χ0) is 7.11. The van der Waals surface area contributed by atoms with Crippen molar-refractivity contribution < 1.29 is 14.0 Å². The molecule has 1 N–H and O–H groups in total. The van der Waals surface area contributed by atoms with E-state index in [1.807, 2.05) is 0 Å². The van der Waals surface area contributed by atoms with E-state index < -0.39 is 8.25 Å². The summed E-state index contributed by atoms with van der Waals surface area (Å²) in [6.45, 7) is 0.0157. The van der Waals surface area contributed by atoms with Crippen molar-refractivity contribution in [2.75, 3.05) is 6.61 Å². The Balaban J connectivity index is 3.22. The van der Waals surface area contributed by atoms with Gasteiger partial charge in [-0.05, 0) is 6.08 Å². The summed E-state index contributed by atoms with van der Waals surface area (Å²) in [6, 6.07) is 1.71. The van der Waals surface area contributed by atoms with E-state index in [1.54, 1.807) is 6.07 Å². The predicted molar refractivity (Wildman–Crippen MR) is 31.9 cm³/mol. The third kappa shape index (κ3) is 7.38. The average Bonchev–Trinajstić information content (AvgIpc) is 1.80. The Morgan fingerprint density at radius 1 is 1.89 bits per heavy atom. The summed E-state index contributed by atoms with van der Waals surface area (Å²) in [5, 5.41) is 7.91. The molecule has 1 unspecified atom stereocenters. The minimum atomic E-state index is -2.83. The van der Waals surface area contributed by atoms with Crippen molar-refractivity contribution in [3.63, 3.8) is 0 Å². The highest BCUT2D eigenvalue weighted by atomic mass is 31.1. The van der Waals surface area contributed by atoms with Gasteiger partial charge in [-0.3, -0.25) is 4.57 Å². The van der Waals surface area contributed by atoms with Crippen molar-refractivity contribution in [1.29, 1.82) is 5.26 Å². The number of rotatable bonds is 3. The van der Waals surface area contributed by atoms with Gasteiger partial charge in [-0.1, -0.05) is 0 Å². The van der Waals surface area contributed by atoms with E-state index in [-0.39, 0.29) is 6.61 Å². The number of nitriles is 1. The monoisotopic (exact) mass is 147 g/mol. The molecule has 0 saturated carbocycles. The Hall–Kier alpha value is -0.620. The third-order valence-corrected chi connectivity index (χ3v) is 0.909. The van der Waals surface area contributed by atoms with Gasteiger partial charge in [0.15, 0.2) is 0 Å². The molecule has 0 rings (SSSR count). The SMILES string of the molecule is N#CC=CCO[PH](=O)O. The third-order valence-electron chi connectivity index (χ3n) is 0.495. The van der Waals surface area contributed by atoms with Crippen LogP contribution in [-0.2, 0) is 9.09 Å². The lowest BCUT2D eigenvalue weighted by atomic mass is 10.5.